The molecule has 10 heteroatoms. The summed E-state index contributed by atoms with van der Waals surface area (Å²) >= 11 is 6.27. The van der Waals surface area contributed by atoms with Crippen molar-refractivity contribution in [3.8, 4) is 0 Å². The Kier molecular flexibility index (Phi) is 7.88. The second kappa shape index (κ2) is 10.9. The third-order valence-electron chi connectivity index (χ3n) is 6.09. The molecule has 4 rings (SSSR count). The number of nitrogens with one attached hydrogen (secondary N) is 1. The maximum Gasteiger partial charge on any atom is 0.257 e. The molecule has 0 radical (unpaired) electrons. The van der Waals surface area contributed by atoms with Crippen LogP contribution in [0.1, 0.15) is 46.4 Å². The predicted molar refractivity (Wildman–Crippen MR) is 130 cm³/mol. The Morgan fingerprint density at radius 3 is 2.26 bits per heavy atom. The average molecular weight is 506 g/mol. The van der Waals surface area contributed by atoms with Gasteiger partial charge in [-0.1, -0.05) is 36.6 Å². The molecule has 2 aliphatic rings. The molecule has 182 valence electrons. The van der Waals surface area contributed by atoms with Gasteiger partial charge in [0, 0.05) is 26.2 Å². The average Bonchev–Trinajstić information content (AvgIpc) is 3.14. The van der Waals surface area contributed by atoms with Crippen LogP contribution >= 0.6 is 11.6 Å². The van der Waals surface area contributed by atoms with Gasteiger partial charge in [0.1, 0.15) is 0 Å². The first kappa shape index (κ1) is 24.7. The van der Waals surface area contributed by atoms with Crippen molar-refractivity contribution in [2.45, 2.75) is 30.6 Å². The molecule has 0 saturated carbocycles. The molecule has 34 heavy (non-hydrogen) atoms. The number of morpholine rings is 1. The first-order valence-electron chi connectivity index (χ1n) is 11.4. The van der Waals surface area contributed by atoms with Crippen LogP contribution in [0.5, 0.6) is 0 Å². The number of sulfonamides is 1. The van der Waals surface area contributed by atoms with Crippen LogP contribution in [-0.2, 0) is 14.8 Å². The van der Waals surface area contributed by atoms with E-state index < -0.39 is 15.9 Å². The number of hydrogen-bond donors (Lipinski definition) is 1. The highest BCUT2D eigenvalue weighted by Gasteiger charge is 2.28. The summed E-state index contributed by atoms with van der Waals surface area (Å²) in [5, 5.41) is 2.88. The molecule has 0 atom stereocenters. The first-order chi connectivity index (χ1) is 16.4. The summed E-state index contributed by atoms with van der Waals surface area (Å²) in [4.78, 5) is 28.1. The summed E-state index contributed by atoms with van der Waals surface area (Å²) in [6, 6.07) is 10.9. The highest BCUT2D eigenvalue weighted by atomic mass is 35.5. The summed E-state index contributed by atoms with van der Waals surface area (Å²) < 4.78 is 32.6. The number of carbonyl (C=O) groups is 2. The van der Waals surface area contributed by atoms with Gasteiger partial charge in [-0.25, -0.2) is 8.42 Å². The molecule has 2 aromatic rings. The smallest absolute Gasteiger partial charge is 0.257 e. The number of ether oxygens (including phenoxy) is 1. The minimum absolute atomic E-state index is 0.0159. The highest BCUT2D eigenvalue weighted by molar-refractivity contribution is 7.89. The normalized spacial score (nSPS) is 17.7. The molecule has 2 fully saturated rings. The molecule has 2 amide bonds. The molecule has 2 aliphatic heterocycles. The van der Waals surface area contributed by atoms with Crippen LogP contribution in [0.2, 0.25) is 5.02 Å². The third-order valence-corrected chi connectivity index (χ3v) is 8.31. The van der Waals surface area contributed by atoms with E-state index in [1.54, 1.807) is 24.3 Å². The minimum Gasteiger partial charge on any atom is -0.379 e. The van der Waals surface area contributed by atoms with Gasteiger partial charge in [0.25, 0.3) is 11.8 Å². The van der Waals surface area contributed by atoms with E-state index in [4.69, 9.17) is 16.3 Å². The zero-order chi connectivity index (χ0) is 24.1. The van der Waals surface area contributed by atoms with E-state index in [1.807, 2.05) is 4.90 Å². The molecule has 1 N–H and O–H groups in total. The molecule has 0 spiro atoms. The largest absolute Gasteiger partial charge is 0.379 e. The Balaban J connectivity index is 1.58. The van der Waals surface area contributed by atoms with Crippen LogP contribution in [0.3, 0.4) is 0 Å². The third kappa shape index (κ3) is 5.43. The number of halogens is 1. The Morgan fingerprint density at radius 2 is 1.56 bits per heavy atom. The summed E-state index contributed by atoms with van der Waals surface area (Å²) in [5.74, 6) is -0.715. The Bertz CT molecular complexity index is 1160. The van der Waals surface area contributed by atoms with Gasteiger partial charge in [0.2, 0.25) is 10.0 Å². The second-order valence-electron chi connectivity index (χ2n) is 8.36. The summed E-state index contributed by atoms with van der Waals surface area (Å²) in [6.07, 6.45) is 4.12. The summed E-state index contributed by atoms with van der Waals surface area (Å²) in [7, 11) is -3.79. The lowest BCUT2D eigenvalue weighted by molar-refractivity contribution is 0.0730. The maximum atomic E-state index is 13.2. The molecule has 2 aromatic carbocycles. The number of hydrogen-bond acceptors (Lipinski definition) is 5. The van der Waals surface area contributed by atoms with Gasteiger partial charge in [-0.05, 0) is 43.2 Å². The van der Waals surface area contributed by atoms with Crippen LogP contribution in [0.4, 0.5) is 5.69 Å². The predicted octanol–water partition coefficient (Wildman–Crippen LogP) is 3.63. The fourth-order valence-corrected chi connectivity index (χ4v) is 5.83. The molecule has 0 aliphatic carbocycles. The summed E-state index contributed by atoms with van der Waals surface area (Å²) in [6.45, 7) is 2.52. The number of amides is 2. The lowest BCUT2D eigenvalue weighted by Gasteiger charge is -2.26. The number of anilines is 1. The van der Waals surface area contributed by atoms with E-state index in [-0.39, 0.29) is 34.5 Å². The molecule has 2 heterocycles. The molecule has 8 nitrogen and oxygen atoms in total. The molecule has 0 aromatic heterocycles. The van der Waals surface area contributed by atoms with Gasteiger partial charge in [0.05, 0.1) is 39.9 Å². The van der Waals surface area contributed by atoms with E-state index in [2.05, 4.69) is 5.32 Å². The Hall–Kier alpha value is -2.46. The molecule has 0 bridgehead atoms. The van der Waals surface area contributed by atoms with Gasteiger partial charge in [0.15, 0.2) is 0 Å². The highest BCUT2D eigenvalue weighted by Crippen LogP contribution is 2.26. The van der Waals surface area contributed by atoms with E-state index in [9.17, 15) is 18.0 Å². The van der Waals surface area contributed by atoms with Crippen molar-refractivity contribution in [2.75, 3.05) is 44.7 Å². The van der Waals surface area contributed by atoms with Crippen molar-refractivity contribution >= 4 is 39.1 Å². The SMILES string of the molecule is O=C(Nc1ccccc1C(=O)N1CCCCCC1)c1cc(S(=O)(=O)N2CCOCC2)ccc1Cl. The van der Waals surface area contributed by atoms with E-state index >= 15 is 0 Å². The monoisotopic (exact) mass is 505 g/mol. The zero-order valence-corrected chi connectivity index (χ0v) is 20.4. The van der Waals surface area contributed by atoms with Gasteiger partial charge >= 0.3 is 0 Å². The number of likely N-dealkylation sites (tertiary alicyclic amines) is 1. The quantitative estimate of drug-likeness (QED) is 0.669. The van der Waals surface area contributed by atoms with Crippen LogP contribution in [-0.4, -0.2) is 68.8 Å². The fourth-order valence-electron chi connectivity index (χ4n) is 4.19. The van der Waals surface area contributed by atoms with Crippen molar-refractivity contribution in [1.82, 2.24) is 9.21 Å². The van der Waals surface area contributed by atoms with Crippen molar-refractivity contribution in [2.24, 2.45) is 0 Å². The van der Waals surface area contributed by atoms with E-state index in [0.717, 1.165) is 25.7 Å². The molecule has 0 unspecified atom stereocenters. The lowest BCUT2D eigenvalue weighted by atomic mass is 10.1. The topological polar surface area (TPSA) is 96.0 Å². The lowest BCUT2D eigenvalue weighted by Crippen LogP contribution is -2.40. The van der Waals surface area contributed by atoms with E-state index in [0.29, 0.717) is 37.6 Å². The van der Waals surface area contributed by atoms with Crippen LogP contribution in [0.15, 0.2) is 47.4 Å². The number of benzene rings is 2. The molecular formula is C24H28ClN3O5S. The van der Waals surface area contributed by atoms with Crippen molar-refractivity contribution < 1.29 is 22.7 Å². The summed E-state index contributed by atoms with van der Waals surface area (Å²) in [5.41, 5.74) is 0.776. The molecule has 2 saturated heterocycles. The number of rotatable bonds is 5. The number of para-hydroxylation sites is 1. The van der Waals surface area contributed by atoms with Gasteiger partial charge < -0.3 is 15.0 Å². The van der Waals surface area contributed by atoms with Crippen molar-refractivity contribution in [3.05, 3.63) is 58.6 Å². The van der Waals surface area contributed by atoms with Crippen molar-refractivity contribution in [3.63, 3.8) is 0 Å². The standard InChI is InChI=1S/C24H28ClN3O5S/c25-21-10-9-18(34(31,32)28-13-15-33-16-14-28)17-20(21)23(29)26-22-8-4-3-7-19(22)24(30)27-11-5-1-2-6-12-27/h3-4,7-10,17H,1-2,5-6,11-16H2,(H,26,29). The Labute approximate surface area is 204 Å². The first-order valence-corrected chi connectivity index (χ1v) is 13.3. The van der Waals surface area contributed by atoms with E-state index in [1.165, 1.54) is 22.5 Å². The van der Waals surface area contributed by atoms with Crippen LogP contribution in [0.25, 0.3) is 0 Å². The van der Waals surface area contributed by atoms with Crippen LogP contribution < -0.4 is 5.32 Å². The molecular weight excluding hydrogens is 478 g/mol. The van der Waals surface area contributed by atoms with Crippen LogP contribution in [0, 0.1) is 0 Å². The zero-order valence-electron chi connectivity index (χ0n) is 18.8. The fraction of sp³-hybridized carbons (Fsp3) is 0.417. The maximum absolute atomic E-state index is 13.2. The van der Waals surface area contributed by atoms with Crippen molar-refractivity contribution in [1.29, 1.82) is 0 Å². The van der Waals surface area contributed by atoms with Gasteiger partial charge in [-0.15, -0.1) is 0 Å². The Morgan fingerprint density at radius 1 is 0.882 bits per heavy atom. The second-order valence-corrected chi connectivity index (χ2v) is 10.7. The number of nitrogens with zero attached hydrogens (tertiary/aromatic N) is 2. The van der Waals surface area contributed by atoms with Gasteiger partial charge in [-0.3, -0.25) is 9.59 Å². The minimum atomic E-state index is -3.79. The number of carbonyl (C=O) groups excluding carboxylic acids is 2. The van der Waals surface area contributed by atoms with Gasteiger partial charge in [-0.2, -0.15) is 4.31 Å².